The summed E-state index contributed by atoms with van der Waals surface area (Å²) in [5, 5.41) is 0. The number of rotatable bonds is 10. The van der Waals surface area contributed by atoms with Gasteiger partial charge in [-0.25, -0.2) is 0 Å². The van der Waals surface area contributed by atoms with Crippen molar-refractivity contribution in [3.8, 4) is 5.75 Å². The smallest absolute Gasteiger partial charge is 0.222 e. The molecule has 0 aliphatic carbocycles. The number of carbonyl (C=O) groups excluding carboxylic acids is 1. The summed E-state index contributed by atoms with van der Waals surface area (Å²) in [6.07, 6.45) is 12.9. The van der Waals surface area contributed by atoms with E-state index >= 15 is 0 Å². The third kappa shape index (κ3) is 6.94. The molecule has 0 spiro atoms. The maximum absolute atomic E-state index is 12.1. The van der Waals surface area contributed by atoms with Crippen molar-refractivity contribution < 1.29 is 9.53 Å². The second-order valence-electron chi connectivity index (χ2n) is 6.91. The van der Waals surface area contributed by atoms with Crippen LogP contribution >= 0.6 is 0 Å². The van der Waals surface area contributed by atoms with E-state index in [1.165, 1.54) is 56.9 Å². The maximum Gasteiger partial charge on any atom is 0.222 e. The molecule has 3 nitrogen and oxygen atoms in total. The summed E-state index contributed by atoms with van der Waals surface area (Å²) in [5.74, 6) is 1.31. The Hall–Kier alpha value is -1.51. The van der Waals surface area contributed by atoms with Gasteiger partial charge in [-0.2, -0.15) is 0 Å². The fourth-order valence-corrected chi connectivity index (χ4v) is 3.41. The van der Waals surface area contributed by atoms with E-state index in [1.807, 2.05) is 12.1 Å². The van der Waals surface area contributed by atoms with Gasteiger partial charge in [0.2, 0.25) is 5.91 Å². The molecule has 0 unspecified atom stereocenters. The molecule has 0 saturated carbocycles. The van der Waals surface area contributed by atoms with E-state index in [0.29, 0.717) is 5.91 Å². The zero-order chi connectivity index (χ0) is 17.0. The van der Waals surface area contributed by atoms with Gasteiger partial charge < -0.3 is 9.64 Å². The van der Waals surface area contributed by atoms with Crippen molar-refractivity contribution in [3.05, 3.63) is 29.8 Å². The molecule has 0 aromatic heterocycles. The van der Waals surface area contributed by atoms with E-state index < -0.39 is 0 Å². The van der Waals surface area contributed by atoms with Gasteiger partial charge in [-0.3, -0.25) is 4.79 Å². The molecule has 1 aromatic rings. The SMILES string of the molecule is COc1ccc(CCCCCCCCC(=O)N2CCCCC2)cc1. The van der Waals surface area contributed by atoms with E-state index in [-0.39, 0.29) is 0 Å². The summed E-state index contributed by atoms with van der Waals surface area (Å²) in [6, 6.07) is 8.39. The minimum Gasteiger partial charge on any atom is -0.497 e. The molecule has 1 fully saturated rings. The molecule has 24 heavy (non-hydrogen) atoms. The number of hydrogen-bond donors (Lipinski definition) is 0. The van der Waals surface area contributed by atoms with Crippen molar-refractivity contribution in [2.24, 2.45) is 0 Å². The first kappa shape index (κ1) is 18.8. The Bertz CT molecular complexity index is 463. The molecule has 1 aliphatic rings. The fourth-order valence-electron chi connectivity index (χ4n) is 3.41. The number of unbranched alkanes of at least 4 members (excludes halogenated alkanes) is 5. The van der Waals surface area contributed by atoms with E-state index in [0.717, 1.165) is 38.1 Å². The Labute approximate surface area is 147 Å². The quantitative estimate of drug-likeness (QED) is 0.566. The number of ether oxygens (including phenoxy) is 1. The maximum atomic E-state index is 12.1. The van der Waals surface area contributed by atoms with Crippen LogP contribution in [0.4, 0.5) is 0 Å². The highest BCUT2D eigenvalue weighted by atomic mass is 16.5. The number of benzene rings is 1. The zero-order valence-electron chi connectivity index (χ0n) is 15.3. The van der Waals surface area contributed by atoms with Gasteiger partial charge in [-0.1, -0.05) is 37.8 Å². The van der Waals surface area contributed by atoms with Gasteiger partial charge in [0, 0.05) is 19.5 Å². The highest BCUT2D eigenvalue weighted by Crippen LogP contribution is 2.15. The average Bonchev–Trinajstić information content (AvgIpc) is 2.65. The van der Waals surface area contributed by atoms with Gasteiger partial charge >= 0.3 is 0 Å². The van der Waals surface area contributed by atoms with Crippen molar-refractivity contribution in [1.29, 1.82) is 0 Å². The number of carbonyl (C=O) groups is 1. The molecule has 0 atom stereocenters. The number of nitrogens with zero attached hydrogens (tertiary/aromatic N) is 1. The van der Waals surface area contributed by atoms with Gasteiger partial charge in [0.1, 0.15) is 5.75 Å². The molecule has 0 radical (unpaired) electrons. The van der Waals surface area contributed by atoms with Crippen molar-refractivity contribution in [3.63, 3.8) is 0 Å². The molecule has 134 valence electrons. The van der Waals surface area contributed by atoms with Crippen molar-refractivity contribution in [2.75, 3.05) is 20.2 Å². The van der Waals surface area contributed by atoms with Crippen LogP contribution in [0.25, 0.3) is 0 Å². The molecule has 2 rings (SSSR count). The lowest BCUT2D eigenvalue weighted by Crippen LogP contribution is -2.35. The highest BCUT2D eigenvalue weighted by molar-refractivity contribution is 5.76. The standard InChI is InChI=1S/C21H33NO2/c1-24-20-15-13-19(14-16-20)11-7-4-2-3-5-8-12-21(23)22-17-9-6-10-18-22/h13-16H,2-12,17-18H2,1H3. The number of hydrogen-bond acceptors (Lipinski definition) is 2. The lowest BCUT2D eigenvalue weighted by molar-refractivity contribution is -0.132. The Kier molecular flexibility index (Phi) is 8.72. The average molecular weight is 332 g/mol. The van der Waals surface area contributed by atoms with E-state index in [9.17, 15) is 4.79 Å². The van der Waals surface area contributed by atoms with Crippen molar-refractivity contribution in [2.45, 2.75) is 70.6 Å². The van der Waals surface area contributed by atoms with Crippen LogP contribution in [0.3, 0.4) is 0 Å². The van der Waals surface area contributed by atoms with Crippen LogP contribution in [0.5, 0.6) is 5.75 Å². The second-order valence-corrected chi connectivity index (χ2v) is 6.91. The first-order chi connectivity index (χ1) is 11.8. The summed E-state index contributed by atoms with van der Waals surface area (Å²) < 4.78 is 5.18. The van der Waals surface area contributed by atoms with E-state index in [2.05, 4.69) is 17.0 Å². The summed E-state index contributed by atoms with van der Waals surface area (Å²) in [5.41, 5.74) is 1.39. The van der Waals surface area contributed by atoms with E-state index in [4.69, 9.17) is 4.74 Å². The van der Waals surface area contributed by atoms with Crippen LogP contribution in [0.15, 0.2) is 24.3 Å². The number of piperidine rings is 1. The Morgan fingerprint density at radius 2 is 1.54 bits per heavy atom. The molecule has 0 N–H and O–H groups in total. The Morgan fingerprint density at radius 3 is 2.21 bits per heavy atom. The van der Waals surface area contributed by atoms with Gasteiger partial charge in [0.25, 0.3) is 0 Å². The van der Waals surface area contributed by atoms with Gasteiger partial charge in [-0.15, -0.1) is 0 Å². The molecule has 3 heteroatoms. The topological polar surface area (TPSA) is 29.5 Å². The molecule has 1 amide bonds. The lowest BCUT2D eigenvalue weighted by atomic mass is 10.0. The number of methoxy groups -OCH3 is 1. The number of aryl methyl sites for hydroxylation is 1. The molecule has 1 heterocycles. The highest BCUT2D eigenvalue weighted by Gasteiger charge is 2.15. The van der Waals surface area contributed by atoms with Gasteiger partial charge in [0.15, 0.2) is 0 Å². The molecule has 1 aromatic carbocycles. The molecular weight excluding hydrogens is 298 g/mol. The lowest BCUT2D eigenvalue weighted by Gasteiger charge is -2.26. The largest absolute Gasteiger partial charge is 0.497 e. The van der Waals surface area contributed by atoms with Crippen LogP contribution in [0.1, 0.15) is 69.8 Å². The predicted molar refractivity (Wildman–Crippen MR) is 99.4 cm³/mol. The summed E-state index contributed by atoms with van der Waals surface area (Å²) in [7, 11) is 1.70. The Balaban J connectivity index is 1.44. The predicted octanol–water partition coefficient (Wildman–Crippen LogP) is 4.98. The van der Waals surface area contributed by atoms with E-state index in [1.54, 1.807) is 7.11 Å². The first-order valence-corrected chi connectivity index (χ1v) is 9.70. The normalized spacial score (nSPS) is 14.6. The van der Waals surface area contributed by atoms with Crippen LogP contribution in [0.2, 0.25) is 0 Å². The second kappa shape index (κ2) is 11.1. The van der Waals surface area contributed by atoms with Gasteiger partial charge in [0.05, 0.1) is 7.11 Å². The zero-order valence-corrected chi connectivity index (χ0v) is 15.3. The number of likely N-dealkylation sites (tertiary alicyclic amines) is 1. The molecule has 1 aliphatic heterocycles. The van der Waals surface area contributed by atoms with Crippen LogP contribution < -0.4 is 4.74 Å². The van der Waals surface area contributed by atoms with Crippen LogP contribution in [-0.2, 0) is 11.2 Å². The fraction of sp³-hybridized carbons (Fsp3) is 0.667. The Morgan fingerprint density at radius 1 is 0.917 bits per heavy atom. The summed E-state index contributed by atoms with van der Waals surface area (Å²) in [4.78, 5) is 14.1. The third-order valence-corrected chi connectivity index (χ3v) is 4.97. The van der Waals surface area contributed by atoms with Crippen LogP contribution in [0, 0.1) is 0 Å². The van der Waals surface area contributed by atoms with Gasteiger partial charge in [-0.05, 0) is 56.2 Å². The first-order valence-electron chi connectivity index (χ1n) is 9.70. The molecular formula is C21H33NO2. The molecule has 0 bridgehead atoms. The third-order valence-electron chi connectivity index (χ3n) is 4.97. The summed E-state index contributed by atoms with van der Waals surface area (Å²) in [6.45, 7) is 1.98. The van der Waals surface area contributed by atoms with Crippen LogP contribution in [-0.4, -0.2) is 31.0 Å². The van der Waals surface area contributed by atoms with Crippen molar-refractivity contribution >= 4 is 5.91 Å². The summed E-state index contributed by atoms with van der Waals surface area (Å²) >= 11 is 0. The monoisotopic (exact) mass is 331 g/mol. The minimum atomic E-state index is 0.384. The molecule has 1 saturated heterocycles. The minimum absolute atomic E-state index is 0.384. The van der Waals surface area contributed by atoms with Crippen molar-refractivity contribution in [1.82, 2.24) is 4.90 Å². The number of amides is 1.